The highest BCUT2D eigenvalue weighted by Crippen LogP contribution is 2.42. The molecule has 1 aliphatic carbocycles. The number of hydrogen-bond donors (Lipinski definition) is 0. The Bertz CT molecular complexity index is 188. The van der Waals surface area contributed by atoms with E-state index in [-0.39, 0.29) is 0 Å². The minimum atomic E-state index is 0.416. The van der Waals surface area contributed by atoms with Crippen molar-refractivity contribution in [1.82, 2.24) is 9.80 Å². The first kappa shape index (κ1) is 9.22. The van der Waals surface area contributed by atoms with Gasteiger partial charge < -0.3 is 4.90 Å². The number of rotatable bonds is 3. The second kappa shape index (κ2) is 3.43. The zero-order valence-corrected chi connectivity index (χ0v) is 8.63. The summed E-state index contributed by atoms with van der Waals surface area (Å²) in [6.45, 7) is 12.4. The van der Waals surface area contributed by atoms with Gasteiger partial charge in [0.25, 0.3) is 0 Å². The Kier molecular flexibility index (Phi) is 2.43. The third-order valence-electron chi connectivity index (χ3n) is 3.59. The van der Waals surface area contributed by atoms with Crippen molar-refractivity contribution < 1.29 is 0 Å². The molecule has 1 heterocycles. The van der Waals surface area contributed by atoms with Gasteiger partial charge in [-0.25, -0.2) is 0 Å². The van der Waals surface area contributed by atoms with Crippen LogP contribution < -0.4 is 0 Å². The van der Waals surface area contributed by atoms with Crippen LogP contribution in [0.2, 0.25) is 0 Å². The molecule has 0 N–H and O–H groups in total. The van der Waals surface area contributed by atoms with Gasteiger partial charge in [0.1, 0.15) is 0 Å². The van der Waals surface area contributed by atoms with Gasteiger partial charge in [-0.05, 0) is 19.4 Å². The van der Waals surface area contributed by atoms with Crippen LogP contribution in [0.3, 0.4) is 0 Å². The van der Waals surface area contributed by atoms with Gasteiger partial charge in [0, 0.05) is 31.7 Å². The molecule has 0 atom stereocenters. The van der Waals surface area contributed by atoms with E-state index in [2.05, 4.69) is 29.4 Å². The molecule has 0 aromatic rings. The van der Waals surface area contributed by atoms with Crippen molar-refractivity contribution in [2.75, 3.05) is 32.7 Å². The molecule has 74 valence electrons. The monoisotopic (exact) mass is 180 g/mol. The van der Waals surface area contributed by atoms with Crippen LogP contribution in [0.25, 0.3) is 0 Å². The number of hydrogen-bond acceptors (Lipinski definition) is 2. The standard InChI is InChI=1S/C11H20N2/c1-3-11(5-6-11)13-9-7-12(4-2)8-10-13/h3H,1,4-10H2,2H3. The summed E-state index contributed by atoms with van der Waals surface area (Å²) in [7, 11) is 0. The van der Waals surface area contributed by atoms with E-state index in [1.807, 2.05) is 0 Å². The molecule has 0 unspecified atom stereocenters. The lowest BCUT2D eigenvalue weighted by Crippen LogP contribution is -2.50. The summed E-state index contributed by atoms with van der Waals surface area (Å²) in [6.07, 6.45) is 4.83. The van der Waals surface area contributed by atoms with E-state index in [1.54, 1.807) is 0 Å². The van der Waals surface area contributed by atoms with E-state index < -0.39 is 0 Å². The molecule has 0 bridgehead atoms. The van der Waals surface area contributed by atoms with E-state index >= 15 is 0 Å². The van der Waals surface area contributed by atoms with Crippen LogP contribution >= 0.6 is 0 Å². The molecule has 0 aromatic heterocycles. The molecular formula is C11H20N2. The maximum Gasteiger partial charge on any atom is 0.0391 e. The lowest BCUT2D eigenvalue weighted by Gasteiger charge is -2.38. The highest BCUT2D eigenvalue weighted by molar-refractivity contribution is 5.15. The van der Waals surface area contributed by atoms with Crippen molar-refractivity contribution in [3.63, 3.8) is 0 Å². The molecule has 0 amide bonds. The summed E-state index contributed by atoms with van der Waals surface area (Å²) in [5, 5.41) is 0. The zero-order chi connectivity index (χ0) is 9.31. The Balaban J connectivity index is 1.87. The van der Waals surface area contributed by atoms with Crippen LogP contribution in [-0.4, -0.2) is 48.1 Å². The van der Waals surface area contributed by atoms with Crippen molar-refractivity contribution >= 4 is 0 Å². The fourth-order valence-corrected chi connectivity index (χ4v) is 2.29. The van der Waals surface area contributed by atoms with Gasteiger partial charge in [-0.1, -0.05) is 13.0 Å². The zero-order valence-electron chi connectivity index (χ0n) is 8.63. The van der Waals surface area contributed by atoms with E-state index in [4.69, 9.17) is 0 Å². The van der Waals surface area contributed by atoms with Crippen LogP contribution in [-0.2, 0) is 0 Å². The average Bonchev–Trinajstić information content (AvgIpc) is 2.99. The van der Waals surface area contributed by atoms with Crippen molar-refractivity contribution in [1.29, 1.82) is 0 Å². The van der Waals surface area contributed by atoms with Crippen LogP contribution in [0, 0.1) is 0 Å². The second-order valence-corrected chi connectivity index (χ2v) is 4.23. The predicted molar refractivity (Wildman–Crippen MR) is 55.8 cm³/mol. The smallest absolute Gasteiger partial charge is 0.0391 e. The molecular weight excluding hydrogens is 160 g/mol. The topological polar surface area (TPSA) is 6.48 Å². The largest absolute Gasteiger partial charge is 0.301 e. The number of nitrogens with zero attached hydrogens (tertiary/aromatic N) is 2. The molecule has 0 spiro atoms. The number of piperazine rings is 1. The Hall–Kier alpha value is -0.340. The maximum absolute atomic E-state index is 3.95. The normalized spacial score (nSPS) is 28.7. The Labute approximate surface area is 81.2 Å². The summed E-state index contributed by atoms with van der Waals surface area (Å²) in [5.41, 5.74) is 0.416. The number of likely N-dealkylation sites (N-methyl/N-ethyl adjacent to an activating group) is 1. The van der Waals surface area contributed by atoms with Gasteiger partial charge in [0.15, 0.2) is 0 Å². The van der Waals surface area contributed by atoms with Gasteiger partial charge in [-0.15, -0.1) is 6.58 Å². The summed E-state index contributed by atoms with van der Waals surface area (Å²) in [6, 6.07) is 0. The molecule has 13 heavy (non-hydrogen) atoms. The molecule has 1 saturated heterocycles. The molecule has 2 fully saturated rings. The van der Waals surface area contributed by atoms with Crippen molar-refractivity contribution in [2.24, 2.45) is 0 Å². The first-order valence-corrected chi connectivity index (χ1v) is 5.42. The van der Waals surface area contributed by atoms with Gasteiger partial charge in [0.05, 0.1) is 0 Å². The summed E-state index contributed by atoms with van der Waals surface area (Å²) in [4.78, 5) is 5.14. The quantitative estimate of drug-likeness (QED) is 0.605. The van der Waals surface area contributed by atoms with Crippen LogP contribution in [0.5, 0.6) is 0 Å². The first-order chi connectivity index (χ1) is 6.30. The Morgan fingerprint density at radius 2 is 1.85 bits per heavy atom. The SMILES string of the molecule is C=CC1(N2CCN(CC)CC2)CC1. The molecule has 1 saturated carbocycles. The second-order valence-electron chi connectivity index (χ2n) is 4.23. The van der Waals surface area contributed by atoms with Gasteiger partial charge in [0.2, 0.25) is 0 Å². The maximum atomic E-state index is 3.95. The van der Waals surface area contributed by atoms with E-state index in [0.717, 1.165) is 0 Å². The molecule has 0 radical (unpaired) electrons. The van der Waals surface area contributed by atoms with Gasteiger partial charge >= 0.3 is 0 Å². The molecule has 2 heteroatoms. The molecule has 2 aliphatic rings. The van der Waals surface area contributed by atoms with Crippen molar-refractivity contribution in [2.45, 2.75) is 25.3 Å². The molecule has 1 aliphatic heterocycles. The highest BCUT2D eigenvalue weighted by atomic mass is 15.3. The first-order valence-electron chi connectivity index (χ1n) is 5.42. The molecule has 2 nitrogen and oxygen atoms in total. The van der Waals surface area contributed by atoms with Crippen molar-refractivity contribution in [3.8, 4) is 0 Å². The van der Waals surface area contributed by atoms with Gasteiger partial charge in [-0.2, -0.15) is 0 Å². The van der Waals surface area contributed by atoms with Crippen LogP contribution in [0.4, 0.5) is 0 Å². The minimum Gasteiger partial charge on any atom is -0.301 e. The fourth-order valence-electron chi connectivity index (χ4n) is 2.29. The average molecular weight is 180 g/mol. The van der Waals surface area contributed by atoms with E-state index in [9.17, 15) is 0 Å². The third kappa shape index (κ3) is 1.65. The van der Waals surface area contributed by atoms with Crippen LogP contribution in [0.1, 0.15) is 19.8 Å². The Morgan fingerprint density at radius 3 is 2.23 bits per heavy atom. The van der Waals surface area contributed by atoms with E-state index in [0.29, 0.717) is 5.54 Å². The summed E-state index contributed by atoms with van der Waals surface area (Å²) >= 11 is 0. The minimum absolute atomic E-state index is 0.416. The van der Waals surface area contributed by atoms with Crippen molar-refractivity contribution in [3.05, 3.63) is 12.7 Å². The third-order valence-corrected chi connectivity index (χ3v) is 3.59. The van der Waals surface area contributed by atoms with Gasteiger partial charge in [-0.3, -0.25) is 4.90 Å². The van der Waals surface area contributed by atoms with Crippen LogP contribution in [0.15, 0.2) is 12.7 Å². The summed E-state index contributed by atoms with van der Waals surface area (Å²) in [5.74, 6) is 0. The molecule has 0 aromatic carbocycles. The van der Waals surface area contributed by atoms with E-state index in [1.165, 1.54) is 45.6 Å². The highest BCUT2D eigenvalue weighted by Gasteiger charge is 2.45. The lowest BCUT2D eigenvalue weighted by molar-refractivity contribution is 0.107. The predicted octanol–water partition coefficient (Wildman–Crippen LogP) is 1.34. The molecule has 2 rings (SSSR count). The Morgan fingerprint density at radius 1 is 1.23 bits per heavy atom. The fraction of sp³-hybridized carbons (Fsp3) is 0.818. The lowest BCUT2D eigenvalue weighted by atomic mass is 10.2. The summed E-state index contributed by atoms with van der Waals surface area (Å²) < 4.78 is 0.